The molecule has 1 aromatic carbocycles. The number of fused-ring (bicyclic) bond motifs is 1. The maximum absolute atomic E-state index is 13.2. The smallest absolute Gasteiger partial charge is 0.322 e. The molecule has 0 radical (unpaired) electrons. The lowest BCUT2D eigenvalue weighted by Gasteiger charge is -2.44. The summed E-state index contributed by atoms with van der Waals surface area (Å²) in [6, 6.07) is 4.86. The Hall–Kier alpha value is -2.27. The fourth-order valence-electron chi connectivity index (χ4n) is 4.68. The molecule has 3 heterocycles. The number of urea groups is 1. The van der Waals surface area contributed by atoms with Crippen LogP contribution in [0.2, 0.25) is 0 Å². The average Bonchev–Trinajstić information content (AvgIpc) is 2.78. The highest BCUT2D eigenvalue weighted by atomic mass is 19.1. The van der Waals surface area contributed by atoms with Crippen LogP contribution in [0.4, 0.5) is 14.9 Å². The van der Waals surface area contributed by atoms with Crippen molar-refractivity contribution >= 4 is 17.6 Å². The molecule has 4 rings (SSSR count). The van der Waals surface area contributed by atoms with Crippen molar-refractivity contribution in [3.05, 3.63) is 30.1 Å². The average molecular weight is 465 g/mol. The number of anilines is 1. The number of likely N-dealkylation sites (N-methyl/N-ethyl adjacent to an activating group) is 1. The van der Waals surface area contributed by atoms with E-state index in [1.54, 1.807) is 4.90 Å². The minimum atomic E-state index is -0.818. The Morgan fingerprint density at radius 1 is 1.12 bits per heavy atom. The molecule has 0 aromatic heterocycles. The van der Waals surface area contributed by atoms with Crippen molar-refractivity contribution in [2.24, 2.45) is 0 Å². The Morgan fingerprint density at radius 2 is 1.85 bits per heavy atom. The fourth-order valence-corrected chi connectivity index (χ4v) is 4.68. The highest BCUT2D eigenvalue weighted by Gasteiger charge is 2.40. The van der Waals surface area contributed by atoms with Crippen LogP contribution in [-0.2, 0) is 14.3 Å². The Morgan fingerprint density at radius 3 is 2.58 bits per heavy atom. The second-order valence-corrected chi connectivity index (χ2v) is 9.11. The van der Waals surface area contributed by atoms with Gasteiger partial charge in [-0.05, 0) is 44.2 Å². The summed E-state index contributed by atoms with van der Waals surface area (Å²) in [5.41, 5.74) is 0.470. The molecule has 3 amide bonds. The Bertz CT molecular complexity index is 818. The molecule has 0 saturated carbocycles. The second-order valence-electron chi connectivity index (χ2n) is 9.11. The van der Waals surface area contributed by atoms with Crippen molar-refractivity contribution in [3.8, 4) is 0 Å². The van der Waals surface area contributed by atoms with Crippen LogP contribution in [-0.4, -0.2) is 109 Å². The lowest BCUT2D eigenvalue weighted by Crippen LogP contribution is -2.58. The first-order chi connectivity index (χ1) is 15.9. The first-order valence-corrected chi connectivity index (χ1v) is 11.6. The summed E-state index contributed by atoms with van der Waals surface area (Å²) in [6.45, 7) is 3.63. The van der Waals surface area contributed by atoms with Crippen LogP contribution < -0.4 is 5.32 Å². The molecular weight excluding hydrogens is 431 g/mol. The first-order valence-electron chi connectivity index (χ1n) is 11.6. The molecule has 0 aliphatic carbocycles. The number of carbonyl (C=O) groups is 2. The summed E-state index contributed by atoms with van der Waals surface area (Å²) < 4.78 is 25.1. The monoisotopic (exact) mass is 464 g/mol. The molecule has 3 aliphatic rings. The van der Waals surface area contributed by atoms with Gasteiger partial charge >= 0.3 is 6.03 Å². The van der Waals surface area contributed by atoms with Crippen LogP contribution in [0, 0.1) is 5.82 Å². The summed E-state index contributed by atoms with van der Waals surface area (Å²) in [6.07, 6.45) is 0.150. The number of carbonyl (C=O) groups excluding carboxylic acids is 2. The predicted molar refractivity (Wildman–Crippen MR) is 119 cm³/mol. The van der Waals surface area contributed by atoms with Gasteiger partial charge in [0, 0.05) is 31.9 Å². The number of amides is 3. The van der Waals surface area contributed by atoms with Gasteiger partial charge in [-0.2, -0.15) is 0 Å². The largest absolute Gasteiger partial charge is 0.389 e. The molecule has 2 N–H and O–H groups in total. The van der Waals surface area contributed by atoms with E-state index in [-0.39, 0.29) is 49.7 Å². The third kappa shape index (κ3) is 6.20. The number of nitrogens with one attached hydrogen (secondary N) is 1. The summed E-state index contributed by atoms with van der Waals surface area (Å²) in [5, 5.41) is 13.0. The van der Waals surface area contributed by atoms with Crippen molar-refractivity contribution in [2.45, 2.75) is 43.6 Å². The Labute approximate surface area is 193 Å². The number of aliphatic hydroxyl groups is 1. The summed E-state index contributed by atoms with van der Waals surface area (Å²) in [5.74, 6) is -0.288. The topological polar surface area (TPSA) is 94.6 Å². The number of benzene rings is 1. The van der Waals surface area contributed by atoms with E-state index in [4.69, 9.17) is 9.47 Å². The van der Waals surface area contributed by atoms with Crippen LogP contribution in [0.25, 0.3) is 0 Å². The molecule has 0 spiro atoms. The number of hydrogen-bond acceptors (Lipinski definition) is 6. The van der Waals surface area contributed by atoms with Crippen molar-refractivity contribution in [3.63, 3.8) is 0 Å². The molecule has 9 nitrogen and oxygen atoms in total. The zero-order valence-corrected chi connectivity index (χ0v) is 19.0. The Balaban J connectivity index is 1.39. The molecule has 3 aliphatic heterocycles. The van der Waals surface area contributed by atoms with E-state index < -0.39 is 12.2 Å². The van der Waals surface area contributed by atoms with Crippen LogP contribution in [0.5, 0.6) is 0 Å². The highest BCUT2D eigenvalue weighted by molar-refractivity contribution is 5.89. The number of aliphatic hydroxyl groups excluding tert-OH is 1. The van der Waals surface area contributed by atoms with E-state index in [0.717, 1.165) is 26.2 Å². The van der Waals surface area contributed by atoms with Crippen LogP contribution in [0.3, 0.4) is 0 Å². The van der Waals surface area contributed by atoms with Crippen LogP contribution in [0.15, 0.2) is 24.3 Å². The van der Waals surface area contributed by atoms with E-state index in [2.05, 4.69) is 17.3 Å². The molecule has 4 atom stereocenters. The molecule has 10 heteroatoms. The quantitative estimate of drug-likeness (QED) is 0.697. The van der Waals surface area contributed by atoms with Crippen molar-refractivity contribution in [1.29, 1.82) is 0 Å². The number of nitrogens with zero attached hydrogens (tertiary/aromatic N) is 3. The maximum atomic E-state index is 13.2. The van der Waals surface area contributed by atoms with E-state index in [9.17, 15) is 19.1 Å². The lowest BCUT2D eigenvalue weighted by molar-refractivity contribution is -0.155. The number of rotatable bonds is 3. The van der Waals surface area contributed by atoms with Gasteiger partial charge in [0.1, 0.15) is 11.9 Å². The maximum Gasteiger partial charge on any atom is 0.322 e. The minimum absolute atomic E-state index is 0.0950. The second kappa shape index (κ2) is 10.8. The first kappa shape index (κ1) is 23.9. The molecule has 0 bridgehead atoms. The summed E-state index contributed by atoms with van der Waals surface area (Å²) in [4.78, 5) is 31.5. The zero-order chi connectivity index (χ0) is 23.4. The number of piperazine rings is 1. The molecule has 1 aromatic rings. The summed E-state index contributed by atoms with van der Waals surface area (Å²) >= 11 is 0. The third-order valence-electron chi connectivity index (χ3n) is 6.60. The molecule has 3 saturated heterocycles. The lowest BCUT2D eigenvalue weighted by atomic mass is 9.94. The van der Waals surface area contributed by atoms with Gasteiger partial charge in [-0.3, -0.25) is 4.79 Å². The number of halogens is 1. The van der Waals surface area contributed by atoms with Crippen molar-refractivity contribution in [1.82, 2.24) is 14.7 Å². The van der Waals surface area contributed by atoms with Gasteiger partial charge in [0.25, 0.3) is 0 Å². The van der Waals surface area contributed by atoms with E-state index >= 15 is 0 Å². The van der Waals surface area contributed by atoms with E-state index in [1.807, 2.05) is 4.90 Å². The van der Waals surface area contributed by atoms with Crippen molar-refractivity contribution in [2.75, 3.05) is 58.3 Å². The molecule has 182 valence electrons. The molecule has 0 unspecified atom stereocenters. The van der Waals surface area contributed by atoms with Crippen molar-refractivity contribution < 1.29 is 28.6 Å². The number of hydrogen-bond donors (Lipinski definition) is 2. The SMILES string of the molecule is CN1CCN(C(=O)C[C@@H]2CC[C@@H]3[C@H](COC[C@H](O)CN3C(=O)Nc3ccc(F)cc3)O2)CC1. The normalized spacial score (nSPS) is 29.1. The standard InChI is InChI=1S/C23H33FN4O5/c1-26-8-10-27(11-9-26)22(30)12-19-6-7-20-21(33-19)15-32-14-18(29)13-28(20)23(31)25-17-4-2-16(24)3-5-17/h2-5,18-21,29H,6-15H2,1H3,(H,25,31)/t18-,19+,20-,21+/m1/s1. The van der Waals surface area contributed by atoms with E-state index in [0.29, 0.717) is 24.9 Å². The van der Waals surface area contributed by atoms with Gasteiger partial charge in [-0.15, -0.1) is 0 Å². The molecule has 3 fully saturated rings. The molecular formula is C23H33FN4O5. The molecule has 33 heavy (non-hydrogen) atoms. The number of β-amino-alcohol motifs (C(OH)–C–C–N with tert-alkyl or cyclic N) is 1. The van der Waals surface area contributed by atoms with Crippen LogP contribution >= 0.6 is 0 Å². The van der Waals surface area contributed by atoms with Crippen LogP contribution in [0.1, 0.15) is 19.3 Å². The zero-order valence-electron chi connectivity index (χ0n) is 19.0. The third-order valence-corrected chi connectivity index (χ3v) is 6.60. The predicted octanol–water partition coefficient (Wildman–Crippen LogP) is 1.13. The minimum Gasteiger partial charge on any atom is -0.389 e. The van der Waals surface area contributed by atoms with E-state index in [1.165, 1.54) is 24.3 Å². The van der Waals surface area contributed by atoms with Gasteiger partial charge in [0.15, 0.2) is 0 Å². The summed E-state index contributed by atoms with van der Waals surface area (Å²) in [7, 11) is 2.05. The van der Waals surface area contributed by atoms with Gasteiger partial charge in [0.05, 0.1) is 44.4 Å². The highest BCUT2D eigenvalue weighted by Crippen LogP contribution is 2.28. The van der Waals surface area contributed by atoms with Gasteiger partial charge in [-0.1, -0.05) is 0 Å². The number of ether oxygens (including phenoxy) is 2. The van der Waals surface area contributed by atoms with Gasteiger partial charge in [0.2, 0.25) is 5.91 Å². The fraction of sp³-hybridized carbons (Fsp3) is 0.652. The van der Waals surface area contributed by atoms with Gasteiger partial charge < -0.3 is 34.6 Å². The Kier molecular flexibility index (Phi) is 7.79. The van der Waals surface area contributed by atoms with Gasteiger partial charge in [-0.25, -0.2) is 9.18 Å².